The summed E-state index contributed by atoms with van der Waals surface area (Å²) >= 11 is 7.89. The smallest absolute Gasteiger partial charge is 0.177 e. The molecule has 0 saturated carbocycles. The molecule has 12 heteroatoms. The van der Waals surface area contributed by atoms with Crippen LogP contribution in [0.25, 0.3) is 10.2 Å². The van der Waals surface area contributed by atoms with Gasteiger partial charge in [0, 0.05) is 18.5 Å². The summed E-state index contributed by atoms with van der Waals surface area (Å²) in [5, 5.41) is 6.72. The second-order valence-electron chi connectivity index (χ2n) is 9.06. The van der Waals surface area contributed by atoms with Crippen molar-refractivity contribution in [2.24, 2.45) is 0 Å². The minimum absolute atomic E-state index is 0.0663. The van der Waals surface area contributed by atoms with E-state index in [2.05, 4.69) is 32.4 Å². The van der Waals surface area contributed by atoms with Crippen LogP contribution in [0.15, 0.2) is 71.4 Å². The van der Waals surface area contributed by atoms with Crippen molar-refractivity contribution in [3.8, 4) is 17.6 Å². The van der Waals surface area contributed by atoms with Gasteiger partial charge >= 0.3 is 0 Å². The van der Waals surface area contributed by atoms with Gasteiger partial charge in [-0.1, -0.05) is 23.7 Å². The standard InChI is InChI=1S/C29H24ClFN4O4S2/c1-41(36,37)12-11-32-16-23-7-6-22(39-23)8-9-24-15-26-28(40-24)29(34-18-33-26)35-21-5-10-27(25(30)14-21)38-17-19-3-2-4-20(31)13-19/h2-7,10,13-15,18,32H,11-12,16-17H2,1H3,(H,33,34,35). The maximum atomic E-state index is 13.4. The SMILES string of the molecule is CS(=O)(=O)CCNCc1ccc(C#Cc2cc3ncnc(Nc4ccc(OCc5cccc(F)c5)c(Cl)c4)c3s2)o1. The number of furan rings is 1. The number of thiophene rings is 1. The number of sulfone groups is 1. The van der Waals surface area contributed by atoms with Crippen molar-refractivity contribution in [2.45, 2.75) is 13.2 Å². The summed E-state index contributed by atoms with van der Waals surface area (Å²) in [5.41, 5.74) is 2.16. The average Bonchev–Trinajstić information content (AvgIpc) is 3.56. The van der Waals surface area contributed by atoms with Gasteiger partial charge in [0.2, 0.25) is 0 Å². The number of nitrogens with one attached hydrogen (secondary N) is 2. The second kappa shape index (κ2) is 12.7. The molecule has 0 unspecified atom stereocenters. The van der Waals surface area contributed by atoms with Crippen LogP contribution in [0.1, 0.15) is 22.0 Å². The summed E-state index contributed by atoms with van der Waals surface area (Å²) in [7, 11) is -3.01. The van der Waals surface area contributed by atoms with E-state index in [1.54, 1.807) is 36.4 Å². The largest absolute Gasteiger partial charge is 0.487 e. The van der Waals surface area contributed by atoms with Gasteiger partial charge in [0.1, 0.15) is 40.1 Å². The normalized spacial score (nSPS) is 11.3. The molecule has 0 fully saturated rings. The highest BCUT2D eigenvalue weighted by atomic mass is 35.5. The van der Waals surface area contributed by atoms with Gasteiger partial charge in [0.15, 0.2) is 11.6 Å². The van der Waals surface area contributed by atoms with E-state index in [9.17, 15) is 12.8 Å². The van der Waals surface area contributed by atoms with Crippen LogP contribution in [-0.2, 0) is 23.0 Å². The first-order valence-electron chi connectivity index (χ1n) is 12.4. The zero-order valence-electron chi connectivity index (χ0n) is 21.8. The van der Waals surface area contributed by atoms with E-state index in [0.29, 0.717) is 52.5 Å². The molecule has 210 valence electrons. The number of anilines is 2. The van der Waals surface area contributed by atoms with Crippen LogP contribution in [0.4, 0.5) is 15.9 Å². The highest BCUT2D eigenvalue weighted by Crippen LogP contribution is 2.33. The summed E-state index contributed by atoms with van der Waals surface area (Å²) in [6.45, 7) is 0.951. The Labute approximate surface area is 245 Å². The number of benzene rings is 2. The van der Waals surface area contributed by atoms with Crippen molar-refractivity contribution in [3.05, 3.63) is 99.8 Å². The summed E-state index contributed by atoms with van der Waals surface area (Å²) in [5.74, 6) is 8.13. The zero-order valence-corrected chi connectivity index (χ0v) is 24.2. The van der Waals surface area contributed by atoms with Crippen LogP contribution in [0.2, 0.25) is 5.02 Å². The van der Waals surface area contributed by atoms with Crippen molar-refractivity contribution >= 4 is 54.5 Å². The van der Waals surface area contributed by atoms with E-state index in [0.717, 1.165) is 15.1 Å². The van der Waals surface area contributed by atoms with Crippen molar-refractivity contribution in [1.82, 2.24) is 15.3 Å². The number of halogens is 2. The lowest BCUT2D eigenvalue weighted by Crippen LogP contribution is -2.21. The molecule has 0 spiro atoms. The third kappa shape index (κ3) is 8.05. The fourth-order valence-corrected chi connectivity index (χ4v) is 5.42. The van der Waals surface area contributed by atoms with Gasteiger partial charge in [-0.05, 0) is 65.9 Å². The van der Waals surface area contributed by atoms with Gasteiger partial charge in [-0.2, -0.15) is 0 Å². The first kappa shape index (κ1) is 28.6. The monoisotopic (exact) mass is 610 g/mol. The average molecular weight is 611 g/mol. The van der Waals surface area contributed by atoms with E-state index in [1.807, 2.05) is 12.1 Å². The Bertz CT molecular complexity index is 1860. The zero-order chi connectivity index (χ0) is 28.8. The number of fused-ring (bicyclic) bond motifs is 1. The molecule has 41 heavy (non-hydrogen) atoms. The quantitative estimate of drug-likeness (QED) is 0.148. The Balaban J connectivity index is 1.23. The Morgan fingerprint density at radius 3 is 2.78 bits per heavy atom. The Morgan fingerprint density at radius 2 is 1.98 bits per heavy atom. The summed E-state index contributed by atoms with van der Waals surface area (Å²) in [4.78, 5) is 9.53. The molecule has 0 radical (unpaired) electrons. The number of ether oxygens (including phenoxy) is 1. The van der Waals surface area contributed by atoms with Gasteiger partial charge in [0.05, 0.1) is 32.4 Å². The molecule has 0 amide bonds. The lowest BCUT2D eigenvalue weighted by Gasteiger charge is -2.11. The van der Waals surface area contributed by atoms with Crippen molar-refractivity contribution in [1.29, 1.82) is 0 Å². The van der Waals surface area contributed by atoms with Gasteiger partial charge in [-0.15, -0.1) is 11.3 Å². The first-order chi connectivity index (χ1) is 19.7. The van der Waals surface area contributed by atoms with Crippen LogP contribution in [0.5, 0.6) is 5.75 Å². The maximum Gasteiger partial charge on any atom is 0.177 e. The van der Waals surface area contributed by atoms with Gasteiger partial charge < -0.3 is 19.8 Å². The minimum atomic E-state index is -3.01. The topological polar surface area (TPSA) is 106 Å². The van der Waals surface area contributed by atoms with E-state index in [1.165, 1.54) is 36.1 Å². The first-order valence-corrected chi connectivity index (χ1v) is 15.6. The molecule has 0 aliphatic rings. The van der Waals surface area contributed by atoms with E-state index >= 15 is 0 Å². The highest BCUT2D eigenvalue weighted by molar-refractivity contribution is 7.90. The highest BCUT2D eigenvalue weighted by Gasteiger charge is 2.11. The fourth-order valence-electron chi connectivity index (χ4n) is 3.76. The summed E-state index contributed by atoms with van der Waals surface area (Å²) < 4.78 is 48.2. The summed E-state index contributed by atoms with van der Waals surface area (Å²) in [6.07, 6.45) is 2.68. The number of aromatic nitrogens is 2. The molecule has 5 rings (SSSR count). The Morgan fingerprint density at radius 1 is 1.10 bits per heavy atom. The molecule has 0 aliphatic carbocycles. The molecule has 8 nitrogen and oxygen atoms in total. The molecule has 3 heterocycles. The summed E-state index contributed by atoms with van der Waals surface area (Å²) in [6, 6.07) is 17.0. The van der Waals surface area contributed by atoms with E-state index < -0.39 is 9.84 Å². The Hall–Kier alpha value is -3.95. The van der Waals surface area contributed by atoms with Gasteiger partial charge in [0.25, 0.3) is 0 Å². The maximum absolute atomic E-state index is 13.4. The second-order valence-corrected chi connectivity index (χ2v) is 12.8. The van der Waals surface area contributed by atoms with Gasteiger partial charge in [-0.25, -0.2) is 22.8 Å². The molecule has 2 aromatic carbocycles. The minimum Gasteiger partial charge on any atom is -0.487 e. The van der Waals surface area contributed by atoms with Crippen molar-refractivity contribution in [2.75, 3.05) is 23.9 Å². The molecule has 2 N–H and O–H groups in total. The predicted molar refractivity (Wildman–Crippen MR) is 159 cm³/mol. The molecule has 3 aromatic heterocycles. The van der Waals surface area contributed by atoms with Crippen LogP contribution in [-0.4, -0.2) is 36.9 Å². The van der Waals surface area contributed by atoms with E-state index in [-0.39, 0.29) is 18.2 Å². The lowest BCUT2D eigenvalue weighted by atomic mass is 10.2. The van der Waals surface area contributed by atoms with Crippen LogP contribution in [0, 0.1) is 17.7 Å². The van der Waals surface area contributed by atoms with Crippen LogP contribution >= 0.6 is 22.9 Å². The molecular weight excluding hydrogens is 587 g/mol. The lowest BCUT2D eigenvalue weighted by molar-refractivity contribution is 0.306. The fraction of sp³-hybridized carbons (Fsp3) is 0.172. The predicted octanol–water partition coefficient (Wildman–Crippen LogP) is 5.93. The van der Waals surface area contributed by atoms with Gasteiger partial charge in [-0.3, -0.25) is 0 Å². The number of hydrogen-bond donors (Lipinski definition) is 2. The third-order valence-electron chi connectivity index (χ3n) is 5.71. The van der Waals surface area contributed by atoms with Crippen LogP contribution < -0.4 is 15.4 Å². The van der Waals surface area contributed by atoms with Crippen molar-refractivity contribution < 1.29 is 22.0 Å². The van der Waals surface area contributed by atoms with Crippen LogP contribution in [0.3, 0.4) is 0 Å². The number of hydrogen-bond acceptors (Lipinski definition) is 9. The third-order valence-corrected chi connectivity index (χ3v) is 8.00. The molecular formula is C29H24ClFN4O4S2. The number of nitrogens with zero attached hydrogens (tertiary/aromatic N) is 2. The molecule has 5 aromatic rings. The van der Waals surface area contributed by atoms with Crippen molar-refractivity contribution in [3.63, 3.8) is 0 Å². The molecule has 0 atom stereocenters. The number of rotatable bonds is 10. The molecule has 0 bridgehead atoms. The molecule has 0 saturated heterocycles. The van der Waals surface area contributed by atoms with E-state index in [4.69, 9.17) is 20.8 Å². The molecule has 0 aliphatic heterocycles. The Kier molecular flexibility index (Phi) is 8.85.